The molecule has 2 aromatic carbocycles. The van der Waals surface area contributed by atoms with E-state index in [0.29, 0.717) is 17.0 Å². The zero-order valence-corrected chi connectivity index (χ0v) is 15.4. The van der Waals surface area contributed by atoms with Gasteiger partial charge in [0.25, 0.3) is 0 Å². The molecular formula is C21H21NO5. The minimum absolute atomic E-state index is 0.170. The van der Waals surface area contributed by atoms with E-state index in [-0.39, 0.29) is 37.9 Å². The average molecular weight is 367 g/mol. The zero-order chi connectivity index (χ0) is 19.4. The number of esters is 1. The van der Waals surface area contributed by atoms with E-state index in [9.17, 15) is 14.4 Å². The molecule has 6 heteroatoms. The van der Waals surface area contributed by atoms with Gasteiger partial charge in [0.2, 0.25) is 11.7 Å². The number of ketones is 1. The van der Waals surface area contributed by atoms with Crippen LogP contribution in [0.3, 0.4) is 0 Å². The fraction of sp³-hybridized carbons (Fsp3) is 0.286. The molecule has 0 fully saturated rings. The summed E-state index contributed by atoms with van der Waals surface area (Å²) in [6.45, 7) is 3.36. The molecule has 1 amide bonds. The molecule has 2 aromatic rings. The Balaban J connectivity index is 1.66. The second-order valence-electron chi connectivity index (χ2n) is 6.45. The van der Waals surface area contributed by atoms with Crippen molar-refractivity contribution in [1.82, 2.24) is 0 Å². The number of rotatable bonds is 5. The maximum Gasteiger partial charge on any atom is 0.326 e. The second kappa shape index (κ2) is 8.03. The van der Waals surface area contributed by atoms with Crippen molar-refractivity contribution in [3.63, 3.8) is 0 Å². The monoisotopic (exact) mass is 367 g/mol. The minimum atomic E-state index is -0.640. The van der Waals surface area contributed by atoms with Crippen molar-refractivity contribution in [2.75, 3.05) is 24.7 Å². The molecule has 0 unspecified atom stereocenters. The molecule has 0 aliphatic carbocycles. The summed E-state index contributed by atoms with van der Waals surface area (Å²) in [5.74, 6) is -0.588. The molecule has 1 aliphatic heterocycles. The van der Waals surface area contributed by atoms with Gasteiger partial charge < -0.3 is 9.47 Å². The number of hydrogen-bond acceptors (Lipinski definition) is 5. The van der Waals surface area contributed by atoms with Gasteiger partial charge in [0.05, 0.1) is 18.7 Å². The van der Waals surface area contributed by atoms with Crippen LogP contribution in [-0.4, -0.2) is 37.4 Å². The zero-order valence-electron chi connectivity index (χ0n) is 15.4. The Kier molecular flexibility index (Phi) is 5.54. The molecular weight excluding hydrogens is 346 g/mol. The molecule has 0 aromatic heterocycles. The highest BCUT2D eigenvalue weighted by molar-refractivity contribution is 6.01. The van der Waals surface area contributed by atoms with Gasteiger partial charge in [-0.2, -0.15) is 0 Å². The van der Waals surface area contributed by atoms with Crippen LogP contribution in [0.2, 0.25) is 0 Å². The number of fused-ring (bicyclic) bond motifs is 1. The fourth-order valence-electron chi connectivity index (χ4n) is 2.93. The number of amides is 1. The number of ether oxygens (including phenoxy) is 2. The number of anilines is 1. The number of carbonyl (C=O) groups excluding carboxylic acids is 3. The lowest BCUT2D eigenvalue weighted by Crippen LogP contribution is -2.36. The van der Waals surface area contributed by atoms with Crippen LogP contribution in [0.15, 0.2) is 42.5 Å². The lowest BCUT2D eigenvalue weighted by Gasteiger charge is -2.20. The molecule has 0 radical (unpaired) electrons. The maximum atomic E-state index is 12.4. The lowest BCUT2D eigenvalue weighted by atomic mass is 10.0. The highest BCUT2D eigenvalue weighted by Crippen LogP contribution is 2.30. The van der Waals surface area contributed by atoms with E-state index in [0.717, 1.165) is 11.1 Å². The molecule has 1 aliphatic rings. The standard InChI is InChI=1S/C21H21NO5/c1-14-7-8-15(2)16(11-14)18(23)13-27-21(25)12-22-17-5-3-4-6-19(17)26-10-9-20(22)24/h3-8,11H,9-10,12-13H2,1-2H3. The Morgan fingerprint density at radius 3 is 2.74 bits per heavy atom. The third-order valence-corrected chi connectivity index (χ3v) is 4.38. The molecule has 0 bridgehead atoms. The molecule has 6 nitrogen and oxygen atoms in total. The van der Waals surface area contributed by atoms with Gasteiger partial charge in [-0.1, -0.05) is 29.8 Å². The topological polar surface area (TPSA) is 72.9 Å². The van der Waals surface area contributed by atoms with Crippen LogP contribution in [0.25, 0.3) is 0 Å². The van der Waals surface area contributed by atoms with Gasteiger partial charge in [-0.15, -0.1) is 0 Å². The van der Waals surface area contributed by atoms with E-state index in [1.54, 1.807) is 30.3 Å². The normalized spacial score (nSPS) is 13.4. The lowest BCUT2D eigenvalue weighted by molar-refractivity contribution is -0.141. The summed E-state index contributed by atoms with van der Waals surface area (Å²) in [6.07, 6.45) is 0.170. The summed E-state index contributed by atoms with van der Waals surface area (Å²) in [4.78, 5) is 38.3. The largest absolute Gasteiger partial charge is 0.491 e. The van der Waals surface area contributed by atoms with Crippen molar-refractivity contribution in [1.29, 1.82) is 0 Å². The Labute approximate surface area is 157 Å². The summed E-state index contributed by atoms with van der Waals surface area (Å²) in [5, 5.41) is 0. The van der Waals surface area contributed by atoms with Crippen LogP contribution in [0.1, 0.15) is 27.9 Å². The van der Waals surface area contributed by atoms with Gasteiger partial charge in [0.1, 0.15) is 12.3 Å². The minimum Gasteiger partial charge on any atom is -0.491 e. The van der Waals surface area contributed by atoms with E-state index in [1.807, 2.05) is 26.0 Å². The van der Waals surface area contributed by atoms with E-state index < -0.39 is 5.97 Å². The molecule has 3 rings (SSSR count). The van der Waals surface area contributed by atoms with Gasteiger partial charge in [-0.25, -0.2) is 0 Å². The van der Waals surface area contributed by atoms with E-state index in [1.165, 1.54) is 4.90 Å². The number of nitrogens with zero attached hydrogens (tertiary/aromatic N) is 1. The van der Waals surface area contributed by atoms with Gasteiger partial charge in [-0.05, 0) is 37.6 Å². The summed E-state index contributed by atoms with van der Waals surface area (Å²) < 4.78 is 10.7. The number of benzene rings is 2. The molecule has 0 saturated carbocycles. The molecule has 140 valence electrons. The summed E-state index contributed by atoms with van der Waals surface area (Å²) in [5.41, 5.74) is 2.85. The fourth-order valence-corrected chi connectivity index (χ4v) is 2.93. The Hall–Kier alpha value is -3.15. The number of aryl methyl sites for hydroxylation is 2. The first-order valence-electron chi connectivity index (χ1n) is 8.74. The summed E-state index contributed by atoms with van der Waals surface area (Å²) in [6, 6.07) is 12.6. The van der Waals surface area contributed by atoms with Crippen LogP contribution < -0.4 is 9.64 Å². The smallest absolute Gasteiger partial charge is 0.326 e. The van der Waals surface area contributed by atoms with Crippen molar-refractivity contribution in [3.05, 3.63) is 59.2 Å². The maximum absolute atomic E-state index is 12.4. The predicted octanol–water partition coefficient (Wildman–Crippen LogP) is 2.85. The molecule has 0 atom stereocenters. The van der Waals surface area contributed by atoms with Crippen LogP contribution in [0.5, 0.6) is 5.75 Å². The third-order valence-electron chi connectivity index (χ3n) is 4.38. The number of hydrogen-bond donors (Lipinski definition) is 0. The van der Waals surface area contributed by atoms with Crippen LogP contribution in [-0.2, 0) is 14.3 Å². The van der Waals surface area contributed by atoms with E-state index in [4.69, 9.17) is 9.47 Å². The molecule has 0 spiro atoms. The number of carbonyl (C=O) groups is 3. The predicted molar refractivity (Wildman–Crippen MR) is 100 cm³/mol. The molecule has 27 heavy (non-hydrogen) atoms. The average Bonchev–Trinajstić information content (AvgIpc) is 2.81. The van der Waals surface area contributed by atoms with Gasteiger partial charge in [0, 0.05) is 5.56 Å². The summed E-state index contributed by atoms with van der Waals surface area (Å²) in [7, 11) is 0. The van der Waals surface area contributed by atoms with Crippen molar-refractivity contribution < 1.29 is 23.9 Å². The van der Waals surface area contributed by atoms with Crippen molar-refractivity contribution in [3.8, 4) is 5.75 Å². The highest BCUT2D eigenvalue weighted by atomic mass is 16.5. The van der Waals surface area contributed by atoms with Crippen molar-refractivity contribution >= 4 is 23.3 Å². The highest BCUT2D eigenvalue weighted by Gasteiger charge is 2.26. The van der Waals surface area contributed by atoms with Crippen LogP contribution in [0, 0.1) is 13.8 Å². The third kappa shape index (κ3) is 4.34. The van der Waals surface area contributed by atoms with Crippen molar-refractivity contribution in [2.45, 2.75) is 20.3 Å². The summed E-state index contributed by atoms with van der Waals surface area (Å²) >= 11 is 0. The first-order valence-corrected chi connectivity index (χ1v) is 8.74. The molecule has 0 saturated heterocycles. The van der Waals surface area contributed by atoms with Crippen LogP contribution >= 0.6 is 0 Å². The van der Waals surface area contributed by atoms with E-state index >= 15 is 0 Å². The van der Waals surface area contributed by atoms with Crippen molar-refractivity contribution in [2.24, 2.45) is 0 Å². The van der Waals surface area contributed by atoms with Gasteiger partial charge in [0.15, 0.2) is 6.61 Å². The van der Waals surface area contributed by atoms with E-state index in [2.05, 4.69) is 0 Å². The first kappa shape index (κ1) is 18.6. The Bertz CT molecular complexity index is 890. The quantitative estimate of drug-likeness (QED) is 0.600. The Morgan fingerprint density at radius 1 is 1.15 bits per heavy atom. The number of para-hydroxylation sites is 2. The molecule has 0 N–H and O–H groups in total. The van der Waals surface area contributed by atoms with Crippen LogP contribution in [0.4, 0.5) is 5.69 Å². The SMILES string of the molecule is Cc1ccc(C)c(C(=O)COC(=O)CN2C(=O)CCOc3ccccc32)c1. The van der Waals surface area contributed by atoms with Gasteiger partial charge >= 0.3 is 5.97 Å². The Morgan fingerprint density at radius 2 is 1.93 bits per heavy atom. The van der Waals surface area contributed by atoms with Gasteiger partial charge in [-0.3, -0.25) is 19.3 Å². The molecule has 1 heterocycles. The second-order valence-corrected chi connectivity index (χ2v) is 6.45. The first-order chi connectivity index (χ1) is 13.0. The number of Topliss-reactive ketones (excluding diaryl/α,β-unsaturated/α-hetero) is 1.